The summed E-state index contributed by atoms with van der Waals surface area (Å²) < 4.78 is 6.21. The minimum absolute atomic E-state index is 0.0849. The topological polar surface area (TPSA) is 87.7 Å². The van der Waals surface area contributed by atoms with Crippen LogP contribution in [0.5, 0.6) is 0 Å². The lowest BCUT2D eigenvalue weighted by atomic mass is 9.62. The van der Waals surface area contributed by atoms with E-state index in [2.05, 4.69) is 10.6 Å². The number of carbonyl (C=O) groups is 2. The van der Waals surface area contributed by atoms with Gasteiger partial charge in [0.05, 0.1) is 5.92 Å². The summed E-state index contributed by atoms with van der Waals surface area (Å²) in [6, 6.07) is 1.03. The van der Waals surface area contributed by atoms with Crippen molar-refractivity contribution in [2.75, 3.05) is 12.3 Å². The molecule has 5 atom stereocenters. The smallest absolute Gasteiger partial charge is 0.309 e. The third-order valence-electron chi connectivity index (χ3n) is 8.35. The molecule has 1 aliphatic heterocycles. The fourth-order valence-corrected chi connectivity index (χ4v) is 7.92. The molecule has 1 heterocycles. The van der Waals surface area contributed by atoms with Crippen molar-refractivity contribution < 1.29 is 19.4 Å². The summed E-state index contributed by atoms with van der Waals surface area (Å²) in [5.41, 5.74) is 0. The van der Waals surface area contributed by atoms with Crippen molar-refractivity contribution in [1.29, 1.82) is 0 Å². The van der Waals surface area contributed by atoms with Crippen molar-refractivity contribution >= 4 is 24.0 Å². The zero-order valence-corrected chi connectivity index (χ0v) is 20.6. The summed E-state index contributed by atoms with van der Waals surface area (Å²) in [7, 11) is 0. The molecule has 3 N–H and O–H groups in total. The van der Waals surface area contributed by atoms with Crippen LogP contribution in [0, 0.1) is 17.8 Å². The van der Waals surface area contributed by atoms with Crippen LogP contribution in [0.1, 0.15) is 77.0 Å². The number of piperidine rings is 1. The van der Waals surface area contributed by atoms with E-state index in [4.69, 9.17) is 4.74 Å². The molecule has 7 heteroatoms. The van der Waals surface area contributed by atoms with Gasteiger partial charge in [-0.15, -0.1) is 0 Å². The molecule has 33 heavy (non-hydrogen) atoms. The third-order valence-corrected chi connectivity index (χ3v) is 9.73. The third kappa shape index (κ3) is 6.83. The first-order valence-corrected chi connectivity index (χ1v) is 14.3. The highest BCUT2D eigenvalue weighted by molar-refractivity contribution is 7.99. The Morgan fingerprint density at radius 1 is 1.00 bits per heavy atom. The van der Waals surface area contributed by atoms with Crippen LogP contribution < -0.4 is 10.6 Å². The van der Waals surface area contributed by atoms with Gasteiger partial charge in [-0.25, -0.2) is 0 Å². The molecule has 0 spiro atoms. The summed E-state index contributed by atoms with van der Waals surface area (Å²) >= 11 is 1.93. The molecule has 0 radical (unpaired) electrons. The van der Waals surface area contributed by atoms with Crippen molar-refractivity contribution in [2.24, 2.45) is 17.8 Å². The van der Waals surface area contributed by atoms with E-state index in [1.165, 1.54) is 63.5 Å². The van der Waals surface area contributed by atoms with Crippen molar-refractivity contribution in [1.82, 2.24) is 10.6 Å². The zero-order valence-electron chi connectivity index (χ0n) is 19.8. The number of aliphatic hydroxyl groups excluding tert-OH is 1. The van der Waals surface area contributed by atoms with Crippen LogP contribution in [0.15, 0.2) is 12.2 Å². The van der Waals surface area contributed by atoms with Crippen molar-refractivity contribution in [3.8, 4) is 0 Å². The Kier molecular flexibility index (Phi) is 9.71. The molecular weight excluding hydrogens is 436 g/mol. The van der Waals surface area contributed by atoms with Crippen LogP contribution in [0.2, 0.25) is 0 Å². The Morgan fingerprint density at radius 3 is 2.27 bits per heavy atom. The molecule has 4 aliphatic rings. The van der Waals surface area contributed by atoms with Gasteiger partial charge >= 0.3 is 5.97 Å². The fraction of sp³-hybridized carbons (Fsp3) is 0.846. The SMILES string of the molecule is O=C/C=C\C(O)NCCSC1CCC(OC(=O)C2C3CCCCC3NC3CCCCC32)CC1. The highest BCUT2D eigenvalue weighted by Crippen LogP contribution is 2.45. The van der Waals surface area contributed by atoms with Crippen molar-refractivity contribution in [3.05, 3.63) is 12.2 Å². The lowest BCUT2D eigenvalue weighted by Crippen LogP contribution is -2.60. The van der Waals surface area contributed by atoms with E-state index in [-0.39, 0.29) is 18.0 Å². The van der Waals surface area contributed by atoms with Gasteiger partial charge < -0.3 is 15.2 Å². The molecule has 5 unspecified atom stereocenters. The molecule has 0 aromatic rings. The molecule has 0 aromatic carbocycles. The second kappa shape index (κ2) is 12.7. The second-order valence-corrected chi connectivity index (χ2v) is 11.8. The number of esters is 1. The first-order valence-electron chi connectivity index (χ1n) is 13.3. The Bertz CT molecular complexity index is 645. The number of nitrogens with one attached hydrogen (secondary N) is 2. The number of aliphatic hydroxyl groups is 1. The van der Waals surface area contributed by atoms with Gasteiger partial charge in [0, 0.05) is 29.6 Å². The van der Waals surface area contributed by atoms with E-state index in [9.17, 15) is 14.7 Å². The Labute approximate surface area is 203 Å². The molecule has 4 rings (SSSR count). The van der Waals surface area contributed by atoms with E-state index < -0.39 is 6.23 Å². The average Bonchev–Trinajstić information content (AvgIpc) is 2.84. The number of hydrogen-bond acceptors (Lipinski definition) is 7. The minimum atomic E-state index is -0.770. The zero-order chi connectivity index (χ0) is 23.0. The standard InChI is InChI=1S/C26H42N2O4S/c29-16-5-10-24(30)27-15-17-33-19-13-11-18(12-14-19)32-26(31)25-20-6-1-3-8-22(20)28-23-9-4-2-7-21(23)25/h5,10,16,18-25,27-28,30H,1-4,6-9,11-15,17H2/b10-5-. The Hall–Kier alpha value is -0.890. The molecule has 1 saturated heterocycles. The number of carbonyl (C=O) groups excluding carboxylic acids is 2. The normalized spacial score (nSPS) is 37.7. The van der Waals surface area contributed by atoms with Gasteiger partial charge in [-0.2, -0.15) is 11.8 Å². The van der Waals surface area contributed by atoms with E-state index >= 15 is 0 Å². The fourth-order valence-electron chi connectivity index (χ4n) is 6.75. The summed E-state index contributed by atoms with van der Waals surface area (Å²) in [6.45, 7) is 0.699. The van der Waals surface area contributed by atoms with Crippen LogP contribution in [0.25, 0.3) is 0 Å². The lowest BCUT2D eigenvalue weighted by Gasteiger charge is -2.51. The molecule has 0 amide bonds. The molecule has 0 aromatic heterocycles. The summed E-state index contributed by atoms with van der Waals surface area (Å²) in [4.78, 5) is 23.8. The van der Waals surface area contributed by atoms with Gasteiger partial charge in [0.25, 0.3) is 0 Å². The van der Waals surface area contributed by atoms with Crippen LogP contribution in [0.4, 0.5) is 0 Å². The van der Waals surface area contributed by atoms with Gasteiger partial charge in [-0.05, 0) is 75.4 Å². The first kappa shape index (κ1) is 25.2. The maximum atomic E-state index is 13.5. The number of allylic oxidation sites excluding steroid dienone is 1. The second-order valence-electron chi connectivity index (χ2n) is 10.4. The van der Waals surface area contributed by atoms with Crippen LogP contribution in [-0.4, -0.2) is 59.3 Å². The van der Waals surface area contributed by atoms with Crippen LogP contribution in [-0.2, 0) is 14.3 Å². The van der Waals surface area contributed by atoms with Crippen molar-refractivity contribution in [3.63, 3.8) is 0 Å². The Morgan fingerprint density at radius 2 is 1.64 bits per heavy atom. The number of fused-ring (bicyclic) bond motifs is 2. The lowest BCUT2D eigenvalue weighted by molar-refractivity contribution is -0.165. The number of hydrogen-bond donors (Lipinski definition) is 3. The van der Waals surface area contributed by atoms with Gasteiger partial charge in [0.1, 0.15) is 18.6 Å². The van der Waals surface area contributed by atoms with Crippen LogP contribution >= 0.6 is 11.8 Å². The highest BCUT2D eigenvalue weighted by Gasteiger charge is 2.49. The van der Waals surface area contributed by atoms with E-state index in [0.717, 1.165) is 31.4 Å². The average molecular weight is 479 g/mol. The summed E-state index contributed by atoms with van der Waals surface area (Å²) in [6.07, 6.45) is 16.7. The van der Waals surface area contributed by atoms with Crippen molar-refractivity contribution in [2.45, 2.75) is 107 Å². The maximum Gasteiger partial charge on any atom is 0.309 e. The molecule has 6 nitrogen and oxygen atoms in total. The molecule has 4 fully saturated rings. The predicted molar refractivity (Wildman–Crippen MR) is 132 cm³/mol. The minimum Gasteiger partial charge on any atom is -0.462 e. The molecular formula is C26H42N2O4S. The van der Waals surface area contributed by atoms with E-state index in [0.29, 0.717) is 42.0 Å². The molecule has 3 aliphatic carbocycles. The van der Waals surface area contributed by atoms with Gasteiger partial charge in [-0.3, -0.25) is 14.9 Å². The maximum absolute atomic E-state index is 13.5. The van der Waals surface area contributed by atoms with Gasteiger partial charge in [0.15, 0.2) is 0 Å². The van der Waals surface area contributed by atoms with Gasteiger partial charge in [0.2, 0.25) is 0 Å². The van der Waals surface area contributed by atoms with E-state index in [1.807, 2.05) is 11.8 Å². The quantitative estimate of drug-likeness (QED) is 0.153. The number of thioether (sulfide) groups is 1. The number of aldehydes is 1. The van der Waals surface area contributed by atoms with E-state index in [1.54, 1.807) is 0 Å². The first-order chi connectivity index (χ1) is 16.2. The summed E-state index contributed by atoms with van der Waals surface area (Å²) in [5.74, 6) is 2.09. The molecule has 3 saturated carbocycles. The summed E-state index contributed by atoms with van der Waals surface area (Å²) in [5, 5.41) is 17.2. The molecule has 186 valence electrons. The van der Waals surface area contributed by atoms with Gasteiger partial charge in [-0.1, -0.05) is 25.7 Å². The van der Waals surface area contributed by atoms with Crippen LogP contribution in [0.3, 0.4) is 0 Å². The molecule has 0 bridgehead atoms. The Balaban J connectivity index is 1.21. The number of ether oxygens (including phenoxy) is 1. The highest BCUT2D eigenvalue weighted by atomic mass is 32.2. The predicted octanol–water partition coefficient (Wildman–Crippen LogP) is 3.57. The number of rotatable bonds is 9. The monoisotopic (exact) mass is 478 g/mol. The largest absolute Gasteiger partial charge is 0.462 e.